The second-order valence-corrected chi connectivity index (χ2v) is 9.17. The minimum absolute atomic E-state index is 0.00850. The first kappa shape index (κ1) is 12.6. The third kappa shape index (κ3) is 1.88. The van der Waals surface area contributed by atoms with Crippen molar-refractivity contribution in [1.82, 2.24) is 0 Å². The van der Waals surface area contributed by atoms with Crippen LogP contribution in [0.25, 0.3) is 0 Å². The fraction of sp³-hybridized carbons (Fsp3) is 0.688. The van der Waals surface area contributed by atoms with Gasteiger partial charge in [0.25, 0.3) is 0 Å². The molecule has 3 heteroatoms. The molecular formula is C16H19BrOS. The molecule has 0 aromatic carbocycles. The number of Topliss-reactive ketones (excluding diaryl/α,β-unsaturated/α-hetero) is 1. The van der Waals surface area contributed by atoms with Crippen LogP contribution in [0.3, 0.4) is 0 Å². The van der Waals surface area contributed by atoms with Crippen LogP contribution in [0, 0.1) is 30.1 Å². The molecule has 4 saturated carbocycles. The molecule has 19 heavy (non-hydrogen) atoms. The van der Waals surface area contributed by atoms with E-state index in [9.17, 15) is 4.79 Å². The molecule has 4 bridgehead atoms. The minimum atomic E-state index is 0.00850. The van der Waals surface area contributed by atoms with Gasteiger partial charge in [0, 0.05) is 14.8 Å². The topological polar surface area (TPSA) is 17.1 Å². The lowest BCUT2D eigenvalue weighted by atomic mass is 9.48. The molecular weight excluding hydrogens is 320 g/mol. The molecule has 0 atom stereocenters. The van der Waals surface area contributed by atoms with Gasteiger partial charge in [0.15, 0.2) is 5.78 Å². The predicted molar refractivity (Wildman–Crippen MR) is 81.7 cm³/mol. The van der Waals surface area contributed by atoms with Crippen LogP contribution >= 0.6 is 27.3 Å². The Bertz CT molecular complexity index is 510. The van der Waals surface area contributed by atoms with Gasteiger partial charge in [-0.25, -0.2) is 0 Å². The van der Waals surface area contributed by atoms with Gasteiger partial charge in [-0.3, -0.25) is 4.79 Å². The largest absolute Gasteiger partial charge is 0.293 e. The van der Waals surface area contributed by atoms with Crippen LogP contribution in [-0.4, -0.2) is 5.78 Å². The van der Waals surface area contributed by atoms with Gasteiger partial charge < -0.3 is 0 Å². The van der Waals surface area contributed by atoms with Crippen LogP contribution in [0.5, 0.6) is 0 Å². The number of hydrogen-bond donors (Lipinski definition) is 0. The molecule has 4 aliphatic carbocycles. The molecule has 0 spiro atoms. The van der Waals surface area contributed by atoms with E-state index in [1.165, 1.54) is 43.4 Å². The molecule has 1 heterocycles. The highest BCUT2D eigenvalue weighted by molar-refractivity contribution is 9.10. The molecule has 0 N–H and O–H groups in total. The van der Waals surface area contributed by atoms with E-state index < -0.39 is 0 Å². The maximum Gasteiger partial charge on any atom is 0.180 e. The quantitative estimate of drug-likeness (QED) is 0.675. The Morgan fingerprint density at radius 1 is 1.21 bits per heavy atom. The van der Waals surface area contributed by atoms with Crippen LogP contribution < -0.4 is 0 Å². The third-order valence-electron chi connectivity index (χ3n) is 5.54. The van der Waals surface area contributed by atoms with Gasteiger partial charge in [-0.15, -0.1) is 11.3 Å². The van der Waals surface area contributed by atoms with E-state index in [0.29, 0.717) is 5.78 Å². The number of rotatable bonds is 2. The third-order valence-corrected chi connectivity index (χ3v) is 7.47. The van der Waals surface area contributed by atoms with E-state index in [2.05, 4.69) is 28.9 Å². The van der Waals surface area contributed by atoms with Gasteiger partial charge >= 0.3 is 0 Å². The first-order chi connectivity index (χ1) is 9.06. The fourth-order valence-corrected chi connectivity index (χ4v) is 7.15. The minimum Gasteiger partial charge on any atom is -0.293 e. The van der Waals surface area contributed by atoms with Crippen molar-refractivity contribution in [2.75, 3.05) is 0 Å². The molecule has 0 aliphatic heterocycles. The summed E-state index contributed by atoms with van der Waals surface area (Å²) in [5, 5.41) is 0. The number of aryl methyl sites for hydroxylation is 1. The van der Waals surface area contributed by atoms with E-state index in [1.54, 1.807) is 11.3 Å². The standard InChI is InChI=1S/C16H19BrOS/c1-9-2-13(17)14(19-9)15(18)16-6-10-3-11(7-16)5-12(4-10)8-16/h2,10-12H,3-8H2,1H3. The van der Waals surface area contributed by atoms with Gasteiger partial charge in [-0.05, 0) is 85.2 Å². The van der Waals surface area contributed by atoms with Crippen molar-refractivity contribution in [3.8, 4) is 0 Å². The molecule has 1 aromatic heterocycles. The van der Waals surface area contributed by atoms with Gasteiger partial charge in [0.05, 0.1) is 4.88 Å². The SMILES string of the molecule is Cc1cc(Br)c(C(=O)C23CC4CC(CC(C4)C2)C3)s1. The lowest BCUT2D eigenvalue weighted by molar-refractivity contribution is -0.0351. The van der Waals surface area contributed by atoms with E-state index in [4.69, 9.17) is 0 Å². The summed E-state index contributed by atoms with van der Waals surface area (Å²) in [5.41, 5.74) is 0.00850. The maximum atomic E-state index is 13.1. The normalized spacial score (nSPS) is 39.8. The molecule has 0 radical (unpaired) electrons. The highest BCUT2D eigenvalue weighted by Crippen LogP contribution is 2.61. The number of hydrogen-bond acceptors (Lipinski definition) is 2. The molecule has 4 aliphatic rings. The number of carbonyl (C=O) groups excluding carboxylic acids is 1. The monoisotopic (exact) mass is 338 g/mol. The zero-order valence-electron chi connectivity index (χ0n) is 11.2. The van der Waals surface area contributed by atoms with Crippen molar-refractivity contribution in [2.45, 2.75) is 45.4 Å². The fourth-order valence-electron chi connectivity index (χ4n) is 5.27. The Kier molecular flexibility index (Phi) is 2.76. The molecule has 0 saturated heterocycles. The first-order valence-electron chi connectivity index (χ1n) is 7.36. The maximum absolute atomic E-state index is 13.1. The second kappa shape index (κ2) is 4.17. The lowest BCUT2D eigenvalue weighted by Crippen LogP contribution is -2.49. The molecule has 0 unspecified atom stereocenters. The molecule has 4 fully saturated rings. The smallest absolute Gasteiger partial charge is 0.180 e. The average Bonchev–Trinajstić information content (AvgIpc) is 2.65. The average molecular weight is 339 g/mol. The van der Waals surface area contributed by atoms with E-state index in [-0.39, 0.29) is 5.41 Å². The van der Waals surface area contributed by atoms with Crippen LogP contribution in [0.4, 0.5) is 0 Å². The van der Waals surface area contributed by atoms with Crippen molar-refractivity contribution in [2.24, 2.45) is 23.2 Å². The van der Waals surface area contributed by atoms with E-state index >= 15 is 0 Å². The van der Waals surface area contributed by atoms with Crippen molar-refractivity contribution in [3.05, 3.63) is 20.3 Å². The van der Waals surface area contributed by atoms with Crippen LogP contribution in [0.2, 0.25) is 0 Å². The number of ketones is 1. The number of halogens is 1. The van der Waals surface area contributed by atoms with Crippen LogP contribution in [0.1, 0.15) is 53.1 Å². The Hall–Kier alpha value is -0.150. The van der Waals surface area contributed by atoms with Gasteiger partial charge in [0.2, 0.25) is 0 Å². The lowest BCUT2D eigenvalue weighted by Gasteiger charge is -2.55. The van der Waals surface area contributed by atoms with Crippen LogP contribution in [0.15, 0.2) is 10.5 Å². The Morgan fingerprint density at radius 3 is 2.16 bits per heavy atom. The van der Waals surface area contributed by atoms with Crippen molar-refractivity contribution in [1.29, 1.82) is 0 Å². The number of carbonyl (C=O) groups is 1. The Morgan fingerprint density at radius 2 is 1.74 bits per heavy atom. The zero-order valence-corrected chi connectivity index (χ0v) is 13.6. The summed E-state index contributed by atoms with van der Waals surface area (Å²) in [6.07, 6.45) is 7.70. The predicted octanol–water partition coefficient (Wildman–Crippen LogP) is 5.22. The summed E-state index contributed by atoms with van der Waals surface area (Å²) < 4.78 is 1.02. The van der Waals surface area contributed by atoms with E-state index in [1.807, 2.05) is 0 Å². The van der Waals surface area contributed by atoms with Crippen LogP contribution in [-0.2, 0) is 0 Å². The molecule has 102 valence electrons. The molecule has 1 aromatic rings. The molecule has 5 rings (SSSR count). The van der Waals surface area contributed by atoms with Crippen molar-refractivity contribution >= 4 is 33.0 Å². The highest BCUT2D eigenvalue weighted by Gasteiger charge is 2.54. The van der Waals surface area contributed by atoms with Gasteiger partial charge in [0.1, 0.15) is 0 Å². The van der Waals surface area contributed by atoms with Gasteiger partial charge in [-0.2, -0.15) is 0 Å². The Labute approximate surface area is 126 Å². The summed E-state index contributed by atoms with van der Waals surface area (Å²) in [6, 6.07) is 2.10. The van der Waals surface area contributed by atoms with Crippen molar-refractivity contribution in [3.63, 3.8) is 0 Å². The summed E-state index contributed by atoms with van der Waals surface area (Å²) in [6.45, 7) is 2.09. The summed E-state index contributed by atoms with van der Waals surface area (Å²) in [4.78, 5) is 15.3. The molecule has 0 amide bonds. The summed E-state index contributed by atoms with van der Waals surface area (Å²) in [7, 11) is 0. The zero-order chi connectivity index (χ0) is 13.2. The van der Waals surface area contributed by atoms with E-state index in [0.717, 1.165) is 27.1 Å². The summed E-state index contributed by atoms with van der Waals surface area (Å²) in [5.74, 6) is 2.98. The molecule has 1 nitrogen and oxygen atoms in total. The first-order valence-corrected chi connectivity index (χ1v) is 8.97. The van der Waals surface area contributed by atoms with Crippen molar-refractivity contribution < 1.29 is 4.79 Å². The number of thiophene rings is 1. The highest BCUT2D eigenvalue weighted by atomic mass is 79.9. The summed E-state index contributed by atoms with van der Waals surface area (Å²) >= 11 is 5.26. The Balaban J connectivity index is 1.72. The second-order valence-electron chi connectivity index (χ2n) is 7.06. The van der Waals surface area contributed by atoms with Gasteiger partial charge in [-0.1, -0.05) is 0 Å².